The minimum Gasteiger partial charge on any atom is -0.355 e. The zero-order chi connectivity index (χ0) is 20.9. The van der Waals surface area contributed by atoms with Crippen molar-refractivity contribution in [1.82, 2.24) is 20.4 Å². The summed E-state index contributed by atoms with van der Waals surface area (Å²) in [7, 11) is 0. The van der Waals surface area contributed by atoms with Crippen molar-refractivity contribution >= 4 is 23.1 Å². The van der Waals surface area contributed by atoms with E-state index in [4.69, 9.17) is 4.52 Å². The highest BCUT2D eigenvalue weighted by Crippen LogP contribution is 2.31. The van der Waals surface area contributed by atoms with E-state index in [-0.39, 0.29) is 17.9 Å². The Labute approximate surface area is 180 Å². The summed E-state index contributed by atoms with van der Waals surface area (Å²) in [4.78, 5) is 25.5. The Morgan fingerprint density at radius 2 is 2.27 bits per heavy atom. The van der Waals surface area contributed by atoms with Crippen LogP contribution in [0.5, 0.6) is 0 Å². The van der Waals surface area contributed by atoms with Crippen LogP contribution in [0.15, 0.2) is 40.4 Å². The molecule has 0 aromatic carbocycles. The molecule has 1 fully saturated rings. The van der Waals surface area contributed by atoms with Crippen LogP contribution in [0.1, 0.15) is 49.9 Å². The molecule has 0 bridgehead atoms. The van der Waals surface area contributed by atoms with Crippen molar-refractivity contribution in [3.63, 3.8) is 0 Å². The molecule has 0 saturated carbocycles. The van der Waals surface area contributed by atoms with Crippen LogP contribution >= 0.6 is 11.3 Å². The van der Waals surface area contributed by atoms with Gasteiger partial charge >= 0.3 is 0 Å². The predicted octanol–water partition coefficient (Wildman–Crippen LogP) is 4.24. The second-order valence-corrected chi connectivity index (χ2v) is 8.49. The van der Waals surface area contributed by atoms with Gasteiger partial charge in [0.15, 0.2) is 0 Å². The Morgan fingerprint density at radius 1 is 1.37 bits per heavy atom. The fourth-order valence-electron chi connectivity index (χ4n) is 3.87. The van der Waals surface area contributed by atoms with Crippen molar-refractivity contribution in [3.05, 3.63) is 46.6 Å². The van der Waals surface area contributed by atoms with Crippen LogP contribution in [0.2, 0.25) is 0 Å². The molecule has 4 heterocycles. The van der Waals surface area contributed by atoms with Gasteiger partial charge in [-0.05, 0) is 42.8 Å². The Hall–Kier alpha value is -2.74. The number of nitrogens with zero attached hydrogens (tertiary/aromatic N) is 4. The first-order valence-corrected chi connectivity index (χ1v) is 11.4. The number of hydrogen-bond donors (Lipinski definition) is 1. The monoisotopic (exact) mass is 425 g/mol. The third-order valence-corrected chi connectivity index (χ3v) is 6.49. The summed E-state index contributed by atoms with van der Waals surface area (Å²) < 4.78 is 5.29. The highest BCUT2D eigenvalue weighted by Gasteiger charge is 2.29. The number of carbonyl (C=O) groups is 1. The van der Waals surface area contributed by atoms with Gasteiger partial charge in [0, 0.05) is 30.6 Å². The Kier molecular flexibility index (Phi) is 6.42. The highest BCUT2D eigenvalue weighted by atomic mass is 32.1. The maximum Gasteiger partial charge on any atom is 0.226 e. The standard InChI is InChI=1S/C22H27N5O2S/c1-3-17(18-10-7-13-30-18)24-22(28)15-8-6-12-27(14-15)21-16(9-5-11-23-21)20-25-19(4-2)29-26-20/h5,7,9-11,13,15,17H,3-4,6,8,12,14H2,1-2H3,(H,24,28)/t15-,17+/m1/s1. The summed E-state index contributed by atoms with van der Waals surface area (Å²) >= 11 is 1.69. The number of nitrogens with one attached hydrogen (secondary N) is 1. The average molecular weight is 426 g/mol. The van der Waals surface area contributed by atoms with E-state index in [2.05, 4.69) is 43.7 Å². The molecule has 3 aromatic heterocycles. The van der Waals surface area contributed by atoms with Gasteiger partial charge in [0.25, 0.3) is 0 Å². The summed E-state index contributed by atoms with van der Waals surface area (Å²) in [5, 5.41) is 9.42. The van der Waals surface area contributed by atoms with E-state index in [0.29, 0.717) is 24.7 Å². The van der Waals surface area contributed by atoms with Crippen molar-refractivity contribution in [2.45, 2.75) is 45.6 Å². The first kappa shape index (κ1) is 20.5. The normalized spacial score (nSPS) is 17.7. The molecule has 7 nitrogen and oxygen atoms in total. The van der Waals surface area contributed by atoms with Gasteiger partial charge in [0.05, 0.1) is 17.5 Å². The smallest absolute Gasteiger partial charge is 0.226 e. The van der Waals surface area contributed by atoms with Crippen LogP contribution in [-0.2, 0) is 11.2 Å². The molecule has 1 saturated heterocycles. The van der Waals surface area contributed by atoms with Crippen LogP contribution in [0.3, 0.4) is 0 Å². The summed E-state index contributed by atoms with van der Waals surface area (Å²) in [6, 6.07) is 8.02. The van der Waals surface area contributed by atoms with E-state index in [1.165, 1.54) is 4.88 Å². The molecule has 158 valence electrons. The number of hydrogen-bond acceptors (Lipinski definition) is 7. The average Bonchev–Trinajstić information content (AvgIpc) is 3.49. The number of carbonyl (C=O) groups excluding carboxylic acids is 1. The molecule has 8 heteroatoms. The minimum absolute atomic E-state index is 0.0703. The van der Waals surface area contributed by atoms with Gasteiger partial charge in [-0.25, -0.2) is 4.98 Å². The number of anilines is 1. The van der Waals surface area contributed by atoms with Gasteiger partial charge < -0.3 is 14.7 Å². The van der Waals surface area contributed by atoms with Gasteiger partial charge in [0.1, 0.15) is 5.82 Å². The second kappa shape index (κ2) is 9.38. The number of aromatic nitrogens is 3. The van der Waals surface area contributed by atoms with Crippen LogP contribution in [0.25, 0.3) is 11.4 Å². The third-order valence-electron chi connectivity index (χ3n) is 5.50. The highest BCUT2D eigenvalue weighted by molar-refractivity contribution is 7.10. The SMILES string of the molecule is CCc1nc(-c2cccnc2N2CCC[C@@H](C(=O)N[C@@H](CC)c3cccs3)C2)no1. The van der Waals surface area contributed by atoms with Crippen LogP contribution in [0.4, 0.5) is 5.82 Å². The lowest BCUT2D eigenvalue weighted by Crippen LogP contribution is -2.44. The van der Waals surface area contributed by atoms with Crippen molar-refractivity contribution in [1.29, 1.82) is 0 Å². The molecule has 3 aromatic rings. The van der Waals surface area contributed by atoms with Gasteiger partial charge in [-0.3, -0.25) is 4.79 Å². The maximum atomic E-state index is 13.0. The Bertz CT molecular complexity index is 972. The van der Waals surface area contributed by atoms with Gasteiger partial charge in [-0.15, -0.1) is 11.3 Å². The minimum atomic E-state index is -0.0703. The summed E-state index contributed by atoms with van der Waals surface area (Å²) in [6.07, 6.45) is 5.17. The Morgan fingerprint density at radius 3 is 3.00 bits per heavy atom. The molecular weight excluding hydrogens is 398 g/mol. The fraction of sp³-hybridized carbons (Fsp3) is 0.455. The van der Waals surface area contributed by atoms with E-state index in [1.54, 1.807) is 17.5 Å². The molecule has 1 N–H and O–H groups in total. The number of amides is 1. The molecular formula is C22H27N5O2S. The van der Waals surface area contributed by atoms with Gasteiger partial charge in [-0.2, -0.15) is 4.98 Å². The van der Waals surface area contributed by atoms with E-state index in [1.807, 2.05) is 25.1 Å². The van der Waals surface area contributed by atoms with Crippen molar-refractivity contribution in [3.8, 4) is 11.4 Å². The third kappa shape index (κ3) is 4.38. The van der Waals surface area contributed by atoms with Crippen LogP contribution < -0.4 is 10.2 Å². The number of aryl methyl sites for hydroxylation is 1. The number of thiophene rings is 1. The molecule has 30 heavy (non-hydrogen) atoms. The predicted molar refractivity (Wildman–Crippen MR) is 117 cm³/mol. The molecule has 0 spiro atoms. The lowest BCUT2D eigenvalue weighted by Gasteiger charge is -2.34. The van der Waals surface area contributed by atoms with Crippen molar-refractivity contribution in [2.75, 3.05) is 18.0 Å². The Balaban J connectivity index is 1.50. The summed E-state index contributed by atoms with van der Waals surface area (Å²) in [5.41, 5.74) is 0.840. The summed E-state index contributed by atoms with van der Waals surface area (Å²) in [5.74, 6) is 2.01. The molecule has 1 amide bonds. The number of rotatable bonds is 7. The van der Waals surface area contributed by atoms with Crippen LogP contribution in [0, 0.1) is 5.92 Å². The fourth-order valence-corrected chi connectivity index (χ4v) is 4.73. The molecule has 0 aliphatic carbocycles. The van der Waals surface area contributed by atoms with Gasteiger partial charge in [0.2, 0.25) is 17.6 Å². The second-order valence-electron chi connectivity index (χ2n) is 7.51. The van der Waals surface area contributed by atoms with E-state index < -0.39 is 0 Å². The van der Waals surface area contributed by atoms with E-state index >= 15 is 0 Å². The molecule has 2 atom stereocenters. The number of piperidine rings is 1. The lowest BCUT2D eigenvalue weighted by molar-refractivity contribution is -0.126. The molecule has 0 radical (unpaired) electrons. The van der Waals surface area contributed by atoms with Crippen LogP contribution in [-0.4, -0.2) is 34.1 Å². The van der Waals surface area contributed by atoms with E-state index in [0.717, 1.165) is 37.2 Å². The quantitative estimate of drug-likeness (QED) is 0.610. The van der Waals surface area contributed by atoms with Gasteiger partial charge in [-0.1, -0.05) is 25.1 Å². The molecule has 1 aliphatic heterocycles. The zero-order valence-corrected chi connectivity index (χ0v) is 18.2. The van der Waals surface area contributed by atoms with Crippen molar-refractivity contribution < 1.29 is 9.32 Å². The zero-order valence-electron chi connectivity index (χ0n) is 17.4. The van der Waals surface area contributed by atoms with Crippen molar-refractivity contribution in [2.24, 2.45) is 5.92 Å². The van der Waals surface area contributed by atoms with E-state index in [9.17, 15) is 4.79 Å². The topological polar surface area (TPSA) is 84.2 Å². The molecule has 0 unspecified atom stereocenters. The lowest BCUT2D eigenvalue weighted by atomic mass is 9.96. The molecule has 1 aliphatic rings. The summed E-state index contributed by atoms with van der Waals surface area (Å²) in [6.45, 7) is 5.58. The maximum absolute atomic E-state index is 13.0. The first-order chi connectivity index (χ1) is 14.7. The largest absolute Gasteiger partial charge is 0.355 e. The first-order valence-electron chi connectivity index (χ1n) is 10.6. The number of pyridine rings is 1. The molecule has 4 rings (SSSR count).